The van der Waals surface area contributed by atoms with Crippen LogP contribution in [0.4, 0.5) is 11.4 Å². The molecule has 1 N–H and O–H groups in total. The summed E-state index contributed by atoms with van der Waals surface area (Å²) in [6.45, 7) is 0. The first-order valence-electron chi connectivity index (χ1n) is 8.04. The van der Waals surface area contributed by atoms with Crippen molar-refractivity contribution >= 4 is 44.1 Å². The van der Waals surface area contributed by atoms with Crippen LogP contribution < -0.4 is 5.32 Å². The number of anilines is 2. The predicted molar refractivity (Wildman–Crippen MR) is 101 cm³/mol. The Morgan fingerprint density at radius 3 is 2.29 bits per heavy atom. The Morgan fingerprint density at radius 2 is 1.38 bits per heavy atom. The average Bonchev–Trinajstić information content (AvgIpc) is 2.98. The van der Waals surface area contributed by atoms with Gasteiger partial charge in [-0.1, -0.05) is 42.5 Å². The normalized spacial score (nSPS) is 11.3. The van der Waals surface area contributed by atoms with Crippen LogP contribution in [-0.4, -0.2) is 0 Å². The lowest BCUT2D eigenvalue weighted by molar-refractivity contribution is 0.669. The third kappa shape index (κ3) is 2.12. The van der Waals surface area contributed by atoms with Crippen molar-refractivity contribution in [2.45, 2.75) is 0 Å². The Balaban J connectivity index is 1.67. The highest BCUT2D eigenvalue weighted by Crippen LogP contribution is 2.33. The van der Waals surface area contributed by atoms with Crippen molar-refractivity contribution in [3.63, 3.8) is 0 Å². The number of benzene rings is 4. The van der Waals surface area contributed by atoms with E-state index in [1.807, 2.05) is 30.3 Å². The van der Waals surface area contributed by atoms with Crippen LogP contribution in [0.2, 0.25) is 0 Å². The van der Waals surface area contributed by atoms with Gasteiger partial charge in [0.1, 0.15) is 11.2 Å². The quantitative estimate of drug-likeness (QED) is 0.403. The Bertz CT molecular complexity index is 1170. The average molecular weight is 309 g/mol. The molecular weight excluding hydrogens is 294 g/mol. The molecule has 0 unspecified atom stereocenters. The van der Waals surface area contributed by atoms with Crippen LogP contribution in [0.1, 0.15) is 0 Å². The second kappa shape index (κ2) is 5.14. The van der Waals surface area contributed by atoms with Gasteiger partial charge in [-0.2, -0.15) is 0 Å². The molecule has 4 aromatic carbocycles. The first kappa shape index (κ1) is 13.2. The number of furan rings is 1. The Labute approximate surface area is 139 Å². The summed E-state index contributed by atoms with van der Waals surface area (Å²) < 4.78 is 5.97. The molecule has 0 aliphatic heterocycles. The van der Waals surface area contributed by atoms with E-state index in [1.165, 1.54) is 10.8 Å². The van der Waals surface area contributed by atoms with Crippen LogP contribution in [0.5, 0.6) is 0 Å². The summed E-state index contributed by atoms with van der Waals surface area (Å²) in [4.78, 5) is 0. The predicted octanol–water partition coefficient (Wildman–Crippen LogP) is 6.48. The standard InChI is InChI=1S/C22H15NO/c1-2-6-17(7-3-1)23-18-11-10-15-14-22-20(13-16(15)12-18)19-8-4-5-9-21(19)24-22/h1-14,23H. The van der Waals surface area contributed by atoms with E-state index >= 15 is 0 Å². The van der Waals surface area contributed by atoms with E-state index < -0.39 is 0 Å². The van der Waals surface area contributed by atoms with Crippen LogP contribution in [0.25, 0.3) is 32.7 Å². The van der Waals surface area contributed by atoms with Gasteiger partial charge >= 0.3 is 0 Å². The molecule has 0 fully saturated rings. The monoisotopic (exact) mass is 309 g/mol. The maximum atomic E-state index is 5.97. The van der Waals surface area contributed by atoms with Gasteiger partial charge in [-0.05, 0) is 53.2 Å². The zero-order valence-corrected chi connectivity index (χ0v) is 13.0. The van der Waals surface area contributed by atoms with Crippen molar-refractivity contribution < 1.29 is 4.42 Å². The molecular formula is C22H15NO. The van der Waals surface area contributed by atoms with E-state index in [0.29, 0.717) is 0 Å². The lowest BCUT2D eigenvalue weighted by atomic mass is 10.1. The minimum atomic E-state index is 0.936. The van der Waals surface area contributed by atoms with Crippen LogP contribution in [0, 0.1) is 0 Å². The summed E-state index contributed by atoms with van der Waals surface area (Å²) in [5, 5.41) is 8.16. The number of para-hydroxylation sites is 2. The van der Waals surface area contributed by atoms with Gasteiger partial charge < -0.3 is 9.73 Å². The fourth-order valence-electron chi connectivity index (χ4n) is 3.23. The summed E-state index contributed by atoms with van der Waals surface area (Å²) in [6, 6.07) is 29.2. The maximum Gasteiger partial charge on any atom is 0.136 e. The molecule has 2 nitrogen and oxygen atoms in total. The highest BCUT2D eigenvalue weighted by atomic mass is 16.3. The smallest absolute Gasteiger partial charge is 0.136 e. The van der Waals surface area contributed by atoms with Crippen molar-refractivity contribution in [3.05, 3.63) is 84.9 Å². The molecule has 2 heteroatoms. The largest absolute Gasteiger partial charge is 0.456 e. The van der Waals surface area contributed by atoms with Gasteiger partial charge in [-0.25, -0.2) is 0 Å². The van der Waals surface area contributed by atoms with Crippen molar-refractivity contribution in [3.8, 4) is 0 Å². The molecule has 0 bridgehead atoms. The molecule has 0 radical (unpaired) electrons. The molecule has 0 amide bonds. The molecule has 0 spiro atoms. The summed E-state index contributed by atoms with van der Waals surface area (Å²) >= 11 is 0. The minimum absolute atomic E-state index is 0.936. The second-order valence-corrected chi connectivity index (χ2v) is 6.00. The molecule has 5 aromatic rings. The van der Waals surface area contributed by atoms with Crippen LogP contribution in [0.3, 0.4) is 0 Å². The van der Waals surface area contributed by atoms with Crippen molar-refractivity contribution in [1.82, 2.24) is 0 Å². The van der Waals surface area contributed by atoms with Gasteiger partial charge in [0, 0.05) is 22.1 Å². The van der Waals surface area contributed by atoms with Gasteiger partial charge in [-0.15, -0.1) is 0 Å². The number of nitrogens with one attached hydrogen (secondary N) is 1. The summed E-state index contributed by atoms with van der Waals surface area (Å²) in [7, 11) is 0. The molecule has 0 saturated carbocycles. The molecule has 24 heavy (non-hydrogen) atoms. The molecule has 0 aliphatic rings. The lowest BCUT2D eigenvalue weighted by Crippen LogP contribution is -1.89. The molecule has 5 rings (SSSR count). The molecule has 0 atom stereocenters. The van der Waals surface area contributed by atoms with Crippen molar-refractivity contribution in [1.29, 1.82) is 0 Å². The molecule has 114 valence electrons. The van der Waals surface area contributed by atoms with E-state index in [4.69, 9.17) is 4.42 Å². The highest BCUT2D eigenvalue weighted by molar-refractivity contribution is 6.10. The topological polar surface area (TPSA) is 25.2 Å². The Kier molecular flexibility index (Phi) is 2.83. The first-order valence-corrected chi connectivity index (χ1v) is 8.04. The number of hydrogen-bond donors (Lipinski definition) is 1. The Hall–Kier alpha value is -3.26. The first-order chi connectivity index (χ1) is 11.9. The Morgan fingerprint density at radius 1 is 0.542 bits per heavy atom. The van der Waals surface area contributed by atoms with Gasteiger partial charge in [0.2, 0.25) is 0 Å². The number of hydrogen-bond acceptors (Lipinski definition) is 2. The second-order valence-electron chi connectivity index (χ2n) is 6.00. The van der Waals surface area contributed by atoms with E-state index in [2.05, 4.69) is 59.9 Å². The summed E-state index contributed by atoms with van der Waals surface area (Å²) in [6.07, 6.45) is 0. The third-order valence-electron chi connectivity index (χ3n) is 4.40. The maximum absolute atomic E-state index is 5.97. The fourth-order valence-corrected chi connectivity index (χ4v) is 3.23. The van der Waals surface area contributed by atoms with E-state index in [0.717, 1.165) is 33.3 Å². The van der Waals surface area contributed by atoms with E-state index in [9.17, 15) is 0 Å². The van der Waals surface area contributed by atoms with Crippen LogP contribution in [-0.2, 0) is 0 Å². The summed E-state index contributed by atoms with van der Waals surface area (Å²) in [5.41, 5.74) is 4.05. The molecule has 0 saturated heterocycles. The minimum Gasteiger partial charge on any atom is -0.456 e. The van der Waals surface area contributed by atoms with Crippen LogP contribution in [0.15, 0.2) is 89.3 Å². The lowest BCUT2D eigenvalue weighted by Gasteiger charge is -2.07. The van der Waals surface area contributed by atoms with Crippen LogP contribution >= 0.6 is 0 Å². The molecule has 0 aliphatic carbocycles. The van der Waals surface area contributed by atoms with Gasteiger partial charge in [0.05, 0.1) is 0 Å². The molecule has 1 heterocycles. The number of fused-ring (bicyclic) bond motifs is 4. The van der Waals surface area contributed by atoms with Gasteiger partial charge in [0.15, 0.2) is 0 Å². The van der Waals surface area contributed by atoms with Gasteiger partial charge in [-0.3, -0.25) is 0 Å². The van der Waals surface area contributed by atoms with E-state index in [1.54, 1.807) is 0 Å². The highest BCUT2D eigenvalue weighted by Gasteiger charge is 2.08. The summed E-state index contributed by atoms with van der Waals surface area (Å²) in [5.74, 6) is 0. The SMILES string of the molecule is c1ccc(Nc2ccc3cc4oc5ccccc5c4cc3c2)cc1. The third-order valence-corrected chi connectivity index (χ3v) is 4.40. The fraction of sp³-hybridized carbons (Fsp3) is 0. The van der Waals surface area contributed by atoms with Crippen molar-refractivity contribution in [2.24, 2.45) is 0 Å². The zero-order chi connectivity index (χ0) is 15.9. The molecule has 1 aromatic heterocycles. The number of rotatable bonds is 2. The zero-order valence-electron chi connectivity index (χ0n) is 13.0. The van der Waals surface area contributed by atoms with Gasteiger partial charge in [0.25, 0.3) is 0 Å². The van der Waals surface area contributed by atoms with Crippen molar-refractivity contribution in [2.75, 3.05) is 5.32 Å². The van der Waals surface area contributed by atoms with E-state index in [-0.39, 0.29) is 0 Å².